The number of hydrogen-bond acceptors (Lipinski definition) is 2. The van der Waals surface area contributed by atoms with Crippen LogP contribution in [-0.2, 0) is 6.18 Å². The van der Waals surface area contributed by atoms with Gasteiger partial charge in [0.05, 0.1) is 5.56 Å². The zero-order chi connectivity index (χ0) is 12.5. The molecule has 0 spiro atoms. The average molecular weight is 242 g/mol. The normalized spacial score (nSPS) is 11.5. The number of nitrogens with zero attached hydrogens (tertiary/aromatic N) is 2. The first kappa shape index (κ1) is 11.5. The zero-order valence-electron chi connectivity index (χ0n) is 8.37. The molecule has 0 unspecified atom stereocenters. The summed E-state index contributed by atoms with van der Waals surface area (Å²) in [6.45, 7) is 0. The highest BCUT2D eigenvalue weighted by Crippen LogP contribution is 2.32. The topological polar surface area (TPSA) is 25.8 Å². The second-order valence-electron chi connectivity index (χ2n) is 3.35. The van der Waals surface area contributed by atoms with Crippen molar-refractivity contribution >= 4 is 0 Å². The lowest BCUT2D eigenvalue weighted by Crippen LogP contribution is -2.05. The molecule has 0 saturated carbocycles. The molecule has 6 heteroatoms. The maximum Gasteiger partial charge on any atom is 0.416 e. The third kappa shape index (κ3) is 2.58. The molecule has 0 aliphatic carbocycles. The number of alkyl halides is 3. The van der Waals surface area contributed by atoms with Crippen LogP contribution < -0.4 is 0 Å². The monoisotopic (exact) mass is 242 g/mol. The number of hydrogen-bond donors (Lipinski definition) is 0. The largest absolute Gasteiger partial charge is 0.416 e. The molecule has 1 heterocycles. The van der Waals surface area contributed by atoms with E-state index in [2.05, 4.69) is 9.97 Å². The maximum absolute atomic E-state index is 13.1. The van der Waals surface area contributed by atoms with Crippen molar-refractivity contribution in [3.63, 3.8) is 0 Å². The predicted molar refractivity (Wildman–Crippen MR) is 52.4 cm³/mol. The van der Waals surface area contributed by atoms with E-state index in [1.54, 1.807) is 0 Å². The van der Waals surface area contributed by atoms with Gasteiger partial charge in [0.1, 0.15) is 12.1 Å². The van der Waals surface area contributed by atoms with E-state index >= 15 is 0 Å². The SMILES string of the molecule is Fc1cc(-c2cncnc2)cc(C(F)(F)F)c1. The molecular formula is C11H6F4N2. The smallest absolute Gasteiger partial charge is 0.244 e. The van der Waals surface area contributed by atoms with Crippen LogP contribution in [0.4, 0.5) is 17.6 Å². The highest BCUT2D eigenvalue weighted by molar-refractivity contribution is 5.62. The van der Waals surface area contributed by atoms with Crippen molar-refractivity contribution in [1.29, 1.82) is 0 Å². The van der Waals surface area contributed by atoms with E-state index in [4.69, 9.17) is 0 Å². The molecule has 0 radical (unpaired) electrons. The van der Waals surface area contributed by atoms with Gasteiger partial charge >= 0.3 is 6.18 Å². The van der Waals surface area contributed by atoms with Crippen LogP contribution in [-0.4, -0.2) is 9.97 Å². The Balaban J connectivity index is 2.54. The highest BCUT2D eigenvalue weighted by Gasteiger charge is 2.31. The van der Waals surface area contributed by atoms with Crippen LogP contribution in [0.3, 0.4) is 0 Å². The molecule has 0 fully saturated rings. The van der Waals surface area contributed by atoms with Crippen molar-refractivity contribution in [2.24, 2.45) is 0 Å². The Hall–Kier alpha value is -1.98. The van der Waals surface area contributed by atoms with Crippen LogP contribution in [0.2, 0.25) is 0 Å². The van der Waals surface area contributed by atoms with E-state index in [1.807, 2.05) is 0 Å². The highest BCUT2D eigenvalue weighted by atomic mass is 19.4. The summed E-state index contributed by atoms with van der Waals surface area (Å²) >= 11 is 0. The minimum atomic E-state index is -4.58. The molecular weight excluding hydrogens is 236 g/mol. The van der Waals surface area contributed by atoms with Crippen LogP contribution in [0.1, 0.15) is 5.56 Å². The Morgan fingerprint density at radius 3 is 2.12 bits per heavy atom. The van der Waals surface area contributed by atoms with Crippen molar-refractivity contribution in [3.05, 3.63) is 48.3 Å². The lowest BCUT2D eigenvalue weighted by atomic mass is 10.1. The minimum absolute atomic E-state index is 0.0953. The summed E-state index contributed by atoms with van der Waals surface area (Å²) < 4.78 is 50.5. The standard InChI is InChI=1S/C11H6F4N2/c12-10-2-7(8-4-16-6-17-5-8)1-9(3-10)11(13,14)15/h1-6H. The van der Waals surface area contributed by atoms with Gasteiger partial charge in [-0.1, -0.05) is 0 Å². The molecule has 17 heavy (non-hydrogen) atoms. The van der Waals surface area contributed by atoms with Crippen LogP contribution in [0, 0.1) is 5.82 Å². The molecule has 1 aromatic heterocycles. The van der Waals surface area contributed by atoms with Crippen molar-refractivity contribution in [3.8, 4) is 11.1 Å². The molecule has 2 nitrogen and oxygen atoms in total. The second kappa shape index (κ2) is 4.12. The third-order valence-corrected chi connectivity index (χ3v) is 2.12. The first-order valence-electron chi connectivity index (χ1n) is 4.60. The van der Waals surface area contributed by atoms with E-state index in [0.717, 1.165) is 12.1 Å². The van der Waals surface area contributed by atoms with Gasteiger partial charge in [-0.15, -0.1) is 0 Å². The molecule has 0 amide bonds. The van der Waals surface area contributed by atoms with Gasteiger partial charge in [0, 0.05) is 18.0 Å². The van der Waals surface area contributed by atoms with Gasteiger partial charge in [-0.25, -0.2) is 14.4 Å². The van der Waals surface area contributed by atoms with Crippen molar-refractivity contribution in [2.75, 3.05) is 0 Å². The molecule has 0 saturated heterocycles. The lowest BCUT2D eigenvalue weighted by Gasteiger charge is -2.09. The van der Waals surface area contributed by atoms with E-state index in [0.29, 0.717) is 11.6 Å². The first-order valence-corrected chi connectivity index (χ1v) is 4.60. The lowest BCUT2D eigenvalue weighted by molar-refractivity contribution is -0.137. The van der Waals surface area contributed by atoms with Crippen LogP contribution in [0.15, 0.2) is 36.9 Å². The van der Waals surface area contributed by atoms with Crippen molar-refractivity contribution in [2.45, 2.75) is 6.18 Å². The van der Waals surface area contributed by atoms with E-state index in [1.165, 1.54) is 18.7 Å². The maximum atomic E-state index is 13.1. The summed E-state index contributed by atoms with van der Waals surface area (Å²) in [5, 5.41) is 0. The van der Waals surface area contributed by atoms with E-state index in [-0.39, 0.29) is 5.56 Å². The molecule has 0 atom stereocenters. The summed E-state index contributed by atoms with van der Waals surface area (Å²) in [5.41, 5.74) is -0.605. The summed E-state index contributed by atoms with van der Waals surface area (Å²) in [6.07, 6.45) is -0.691. The fourth-order valence-corrected chi connectivity index (χ4v) is 1.37. The molecule has 88 valence electrons. The summed E-state index contributed by atoms with van der Waals surface area (Å²) in [5.74, 6) is -0.946. The molecule has 0 aliphatic rings. The number of halogens is 4. The predicted octanol–water partition coefficient (Wildman–Crippen LogP) is 3.30. The third-order valence-electron chi connectivity index (χ3n) is 2.12. The summed E-state index contributed by atoms with van der Waals surface area (Å²) in [4.78, 5) is 7.34. The number of aromatic nitrogens is 2. The van der Waals surface area contributed by atoms with Crippen LogP contribution >= 0.6 is 0 Å². The molecule has 2 aromatic rings. The van der Waals surface area contributed by atoms with E-state index < -0.39 is 17.6 Å². The number of benzene rings is 1. The Labute approximate surface area is 94.0 Å². The minimum Gasteiger partial charge on any atom is -0.244 e. The Morgan fingerprint density at radius 2 is 1.53 bits per heavy atom. The van der Waals surface area contributed by atoms with E-state index in [9.17, 15) is 17.6 Å². The fraction of sp³-hybridized carbons (Fsp3) is 0.0909. The second-order valence-corrected chi connectivity index (χ2v) is 3.35. The average Bonchev–Trinajstić information content (AvgIpc) is 2.28. The summed E-state index contributed by atoms with van der Waals surface area (Å²) in [6, 6.07) is 2.32. The van der Waals surface area contributed by atoms with Crippen LogP contribution in [0.5, 0.6) is 0 Å². The van der Waals surface area contributed by atoms with Crippen molar-refractivity contribution < 1.29 is 17.6 Å². The van der Waals surface area contributed by atoms with Gasteiger partial charge in [-0.05, 0) is 23.8 Å². The van der Waals surface area contributed by atoms with Crippen LogP contribution in [0.25, 0.3) is 11.1 Å². The molecule has 0 bridgehead atoms. The van der Waals surface area contributed by atoms with Gasteiger partial charge in [0.25, 0.3) is 0 Å². The van der Waals surface area contributed by atoms with Gasteiger partial charge < -0.3 is 0 Å². The molecule has 2 rings (SSSR count). The summed E-state index contributed by atoms with van der Waals surface area (Å²) in [7, 11) is 0. The zero-order valence-corrected chi connectivity index (χ0v) is 8.37. The van der Waals surface area contributed by atoms with Gasteiger partial charge in [0.2, 0.25) is 0 Å². The molecule has 0 aliphatic heterocycles. The fourth-order valence-electron chi connectivity index (χ4n) is 1.37. The Morgan fingerprint density at radius 1 is 0.882 bits per heavy atom. The number of rotatable bonds is 1. The molecule has 1 aromatic carbocycles. The quantitative estimate of drug-likeness (QED) is 0.717. The Bertz CT molecular complexity index is 523. The van der Waals surface area contributed by atoms with Gasteiger partial charge in [-0.3, -0.25) is 0 Å². The molecule has 0 N–H and O–H groups in total. The van der Waals surface area contributed by atoms with Gasteiger partial charge in [-0.2, -0.15) is 13.2 Å². The first-order chi connectivity index (χ1) is 7.97. The van der Waals surface area contributed by atoms with Crippen molar-refractivity contribution in [1.82, 2.24) is 9.97 Å². The Kier molecular flexibility index (Phi) is 2.79. The van der Waals surface area contributed by atoms with Gasteiger partial charge in [0.15, 0.2) is 0 Å².